The molecule has 0 aliphatic heterocycles. The number of hydrogen-bond donors (Lipinski definition) is 1. The Kier molecular flexibility index (Phi) is 4.49. The number of methoxy groups -OCH3 is 2. The van der Waals surface area contributed by atoms with E-state index in [1.54, 1.807) is 32.4 Å². The van der Waals surface area contributed by atoms with Gasteiger partial charge in [-0.2, -0.15) is 0 Å². The zero-order chi connectivity index (χ0) is 16.4. The van der Waals surface area contributed by atoms with E-state index in [9.17, 15) is 4.79 Å². The normalized spacial score (nSPS) is 10.6. The summed E-state index contributed by atoms with van der Waals surface area (Å²) < 4.78 is 12.3. The van der Waals surface area contributed by atoms with Gasteiger partial charge in [0.15, 0.2) is 16.6 Å². The van der Waals surface area contributed by atoms with Crippen LogP contribution in [0.1, 0.15) is 10.4 Å². The molecule has 0 saturated carbocycles. The molecule has 0 atom stereocenters. The minimum Gasteiger partial charge on any atom is -0.493 e. The Bertz CT molecular complexity index is 838. The summed E-state index contributed by atoms with van der Waals surface area (Å²) in [6.07, 6.45) is 0. The van der Waals surface area contributed by atoms with Gasteiger partial charge in [-0.1, -0.05) is 33.3 Å². The highest BCUT2D eigenvalue weighted by atomic mass is 79.9. The maximum atomic E-state index is 12.3. The van der Waals surface area contributed by atoms with E-state index in [2.05, 4.69) is 26.2 Å². The van der Waals surface area contributed by atoms with Gasteiger partial charge >= 0.3 is 0 Å². The average molecular weight is 393 g/mol. The lowest BCUT2D eigenvalue weighted by Gasteiger charge is -2.05. The van der Waals surface area contributed by atoms with Crippen LogP contribution in [0.25, 0.3) is 10.2 Å². The molecule has 0 aliphatic rings. The Morgan fingerprint density at radius 1 is 1.17 bits per heavy atom. The molecule has 2 aromatic carbocycles. The first-order valence-electron chi connectivity index (χ1n) is 6.70. The van der Waals surface area contributed by atoms with Crippen molar-refractivity contribution >= 4 is 48.5 Å². The van der Waals surface area contributed by atoms with Gasteiger partial charge < -0.3 is 9.47 Å². The minimum atomic E-state index is -0.204. The smallest absolute Gasteiger partial charge is 0.257 e. The van der Waals surface area contributed by atoms with Gasteiger partial charge in [0.2, 0.25) is 0 Å². The summed E-state index contributed by atoms with van der Waals surface area (Å²) in [5, 5.41) is 3.34. The van der Waals surface area contributed by atoms with Crippen LogP contribution in [-0.2, 0) is 0 Å². The molecule has 1 N–H and O–H groups in total. The number of thiazole rings is 1. The predicted molar refractivity (Wildman–Crippen MR) is 94.8 cm³/mol. The molecule has 7 heteroatoms. The van der Waals surface area contributed by atoms with Crippen LogP contribution in [0.2, 0.25) is 0 Å². The van der Waals surface area contributed by atoms with Crippen LogP contribution in [0.5, 0.6) is 11.5 Å². The molecule has 1 aromatic heterocycles. The van der Waals surface area contributed by atoms with E-state index in [0.717, 1.165) is 14.7 Å². The Morgan fingerprint density at radius 2 is 1.91 bits per heavy atom. The van der Waals surface area contributed by atoms with Crippen LogP contribution >= 0.6 is 27.3 Å². The average Bonchev–Trinajstić information content (AvgIpc) is 2.94. The van der Waals surface area contributed by atoms with Gasteiger partial charge in [-0.25, -0.2) is 4.98 Å². The molecule has 3 aromatic rings. The van der Waals surface area contributed by atoms with E-state index in [1.165, 1.54) is 11.3 Å². The zero-order valence-corrected chi connectivity index (χ0v) is 14.8. The molecule has 0 saturated heterocycles. The maximum Gasteiger partial charge on any atom is 0.257 e. The second-order valence-corrected chi connectivity index (χ2v) is 6.60. The third kappa shape index (κ3) is 3.30. The number of hydrogen-bond acceptors (Lipinski definition) is 5. The third-order valence-electron chi connectivity index (χ3n) is 3.20. The highest BCUT2D eigenvalue weighted by molar-refractivity contribution is 9.10. The first kappa shape index (κ1) is 15.8. The number of benzene rings is 2. The summed E-state index contributed by atoms with van der Waals surface area (Å²) >= 11 is 4.74. The van der Waals surface area contributed by atoms with Crippen LogP contribution in [0.3, 0.4) is 0 Å². The van der Waals surface area contributed by atoms with Crippen molar-refractivity contribution in [3.05, 3.63) is 46.4 Å². The van der Waals surface area contributed by atoms with E-state index in [0.29, 0.717) is 22.2 Å². The van der Waals surface area contributed by atoms with Crippen LogP contribution < -0.4 is 14.8 Å². The largest absolute Gasteiger partial charge is 0.493 e. The fourth-order valence-electron chi connectivity index (χ4n) is 2.11. The number of fused-ring (bicyclic) bond motifs is 1. The van der Waals surface area contributed by atoms with Gasteiger partial charge in [0, 0.05) is 22.2 Å². The van der Waals surface area contributed by atoms with Gasteiger partial charge in [0.05, 0.1) is 24.4 Å². The van der Waals surface area contributed by atoms with Gasteiger partial charge in [-0.15, -0.1) is 0 Å². The summed E-state index contributed by atoms with van der Waals surface area (Å²) in [6, 6.07) is 10.8. The molecule has 0 unspecified atom stereocenters. The lowest BCUT2D eigenvalue weighted by molar-refractivity contribution is 0.102. The molecule has 0 fully saturated rings. The number of nitrogens with zero attached hydrogens (tertiary/aromatic N) is 1. The molecule has 0 bridgehead atoms. The topological polar surface area (TPSA) is 60.5 Å². The standard InChI is InChI=1S/C16H13BrN2O3S/c1-21-12-7-11-14(8-13(12)22-2)23-16(18-11)19-15(20)9-4-3-5-10(17)6-9/h3-8H,1-2H3,(H,18,19,20). The van der Waals surface area contributed by atoms with Crippen LogP contribution in [0, 0.1) is 0 Å². The SMILES string of the molecule is COc1cc2nc(NC(=O)c3cccc(Br)c3)sc2cc1OC. The molecular weight excluding hydrogens is 380 g/mol. The zero-order valence-electron chi connectivity index (χ0n) is 12.4. The summed E-state index contributed by atoms with van der Waals surface area (Å²) in [4.78, 5) is 16.7. The number of carbonyl (C=O) groups is 1. The van der Waals surface area contributed by atoms with Crippen molar-refractivity contribution < 1.29 is 14.3 Å². The van der Waals surface area contributed by atoms with Crippen molar-refractivity contribution in [2.45, 2.75) is 0 Å². The van der Waals surface area contributed by atoms with Crippen LogP contribution in [0.15, 0.2) is 40.9 Å². The van der Waals surface area contributed by atoms with E-state index >= 15 is 0 Å². The lowest BCUT2D eigenvalue weighted by atomic mass is 10.2. The highest BCUT2D eigenvalue weighted by Gasteiger charge is 2.13. The van der Waals surface area contributed by atoms with Gasteiger partial charge in [0.1, 0.15) is 0 Å². The number of ether oxygens (including phenoxy) is 2. The number of anilines is 1. The maximum absolute atomic E-state index is 12.3. The van der Waals surface area contributed by atoms with Gasteiger partial charge in [-0.3, -0.25) is 10.1 Å². The van der Waals surface area contributed by atoms with Crippen molar-refractivity contribution in [3.8, 4) is 11.5 Å². The Labute approximate surface area is 145 Å². The van der Waals surface area contributed by atoms with Crippen molar-refractivity contribution in [2.24, 2.45) is 0 Å². The number of halogens is 1. The summed E-state index contributed by atoms with van der Waals surface area (Å²) in [7, 11) is 3.16. The molecule has 0 radical (unpaired) electrons. The van der Waals surface area contributed by atoms with Crippen molar-refractivity contribution in [3.63, 3.8) is 0 Å². The molecule has 0 aliphatic carbocycles. The monoisotopic (exact) mass is 392 g/mol. The first-order chi connectivity index (χ1) is 11.1. The third-order valence-corrected chi connectivity index (χ3v) is 4.63. The number of rotatable bonds is 4. The summed E-state index contributed by atoms with van der Waals surface area (Å²) in [5.74, 6) is 1.04. The molecule has 118 valence electrons. The Balaban J connectivity index is 1.90. The molecule has 0 spiro atoms. The first-order valence-corrected chi connectivity index (χ1v) is 8.31. The fourth-order valence-corrected chi connectivity index (χ4v) is 3.38. The summed E-state index contributed by atoms with van der Waals surface area (Å²) in [5.41, 5.74) is 1.31. The number of carbonyl (C=O) groups excluding carboxylic acids is 1. The molecule has 5 nitrogen and oxygen atoms in total. The molecule has 3 rings (SSSR count). The number of nitrogens with one attached hydrogen (secondary N) is 1. The molecule has 23 heavy (non-hydrogen) atoms. The van der Waals surface area contributed by atoms with E-state index < -0.39 is 0 Å². The van der Waals surface area contributed by atoms with Crippen LogP contribution in [0.4, 0.5) is 5.13 Å². The van der Waals surface area contributed by atoms with E-state index in [1.807, 2.05) is 18.2 Å². The second-order valence-electron chi connectivity index (χ2n) is 4.66. The fraction of sp³-hybridized carbons (Fsp3) is 0.125. The Morgan fingerprint density at radius 3 is 2.61 bits per heavy atom. The minimum absolute atomic E-state index is 0.204. The molecular formula is C16H13BrN2O3S. The molecule has 1 amide bonds. The number of aromatic nitrogens is 1. The molecule has 1 heterocycles. The van der Waals surface area contributed by atoms with E-state index in [-0.39, 0.29) is 5.91 Å². The van der Waals surface area contributed by atoms with E-state index in [4.69, 9.17) is 9.47 Å². The Hall–Kier alpha value is -2.12. The van der Waals surface area contributed by atoms with Gasteiger partial charge in [-0.05, 0) is 18.2 Å². The quantitative estimate of drug-likeness (QED) is 0.717. The van der Waals surface area contributed by atoms with Crippen molar-refractivity contribution in [1.82, 2.24) is 4.98 Å². The predicted octanol–water partition coefficient (Wildman–Crippen LogP) is 4.33. The number of amides is 1. The van der Waals surface area contributed by atoms with Crippen molar-refractivity contribution in [2.75, 3.05) is 19.5 Å². The summed E-state index contributed by atoms with van der Waals surface area (Å²) in [6.45, 7) is 0. The second kappa shape index (κ2) is 6.55. The van der Waals surface area contributed by atoms with Gasteiger partial charge in [0.25, 0.3) is 5.91 Å². The lowest BCUT2D eigenvalue weighted by Crippen LogP contribution is -2.11. The van der Waals surface area contributed by atoms with Crippen molar-refractivity contribution in [1.29, 1.82) is 0 Å². The van der Waals surface area contributed by atoms with Crippen LogP contribution in [-0.4, -0.2) is 25.1 Å². The highest BCUT2D eigenvalue weighted by Crippen LogP contribution is 2.36.